The van der Waals surface area contributed by atoms with Crippen molar-refractivity contribution < 1.29 is 9.47 Å². The Bertz CT molecular complexity index is 326. The van der Waals surface area contributed by atoms with Crippen LogP contribution in [0.3, 0.4) is 0 Å². The average molecular weight is 310 g/mol. The zero-order valence-corrected chi connectivity index (χ0v) is 11.4. The van der Waals surface area contributed by atoms with Crippen molar-refractivity contribution in [2.24, 2.45) is 0 Å². The van der Waals surface area contributed by atoms with Gasteiger partial charge in [0.15, 0.2) is 0 Å². The van der Waals surface area contributed by atoms with Crippen molar-refractivity contribution in [2.75, 3.05) is 19.8 Å². The fourth-order valence-electron chi connectivity index (χ4n) is 0.978. The first kappa shape index (κ1) is 13.7. The molecule has 16 heavy (non-hydrogen) atoms. The van der Waals surface area contributed by atoms with Gasteiger partial charge < -0.3 is 9.47 Å². The maximum atomic E-state index is 5.64. The van der Waals surface area contributed by atoms with Crippen molar-refractivity contribution in [1.82, 2.24) is 9.97 Å². The Balaban J connectivity index is 2.23. The fourth-order valence-corrected chi connectivity index (χ4v) is 1.41. The topological polar surface area (TPSA) is 44.2 Å². The lowest BCUT2D eigenvalue weighted by atomic mass is 10.4. The molecular formula is C10H14BrClN2O2. The maximum Gasteiger partial charge on any atom is 0.232 e. The van der Waals surface area contributed by atoms with Crippen LogP contribution in [0.2, 0.25) is 5.28 Å². The van der Waals surface area contributed by atoms with Gasteiger partial charge in [-0.2, -0.15) is 4.98 Å². The van der Waals surface area contributed by atoms with Crippen LogP contribution >= 0.6 is 27.5 Å². The van der Waals surface area contributed by atoms with E-state index in [0.717, 1.165) is 19.4 Å². The zero-order chi connectivity index (χ0) is 11.8. The molecular weight excluding hydrogens is 295 g/mol. The van der Waals surface area contributed by atoms with Gasteiger partial charge in [0.1, 0.15) is 6.61 Å². The molecule has 0 saturated heterocycles. The van der Waals surface area contributed by atoms with Gasteiger partial charge in [-0.1, -0.05) is 13.3 Å². The first-order valence-electron chi connectivity index (χ1n) is 5.12. The predicted molar refractivity (Wildman–Crippen MR) is 66.0 cm³/mol. The largest absolute Gasteiger partial charge is 0.474 e. The SMILES string of the molecule is CCCCOCCOc1nc(Cl)ncc1Br. The molecule has 6 heteroatoms. The highest BCUT2D eigenvalue weighted by molar-refractivity contribution is 9.10. The van der Waals surface area contributed by atoms with Gasteiger partial charge in [-0.05, 0) is 34.0 Å². The minimum atomic E-state index is 0.171. The molecule has 0 aliphatic carbocycles. The molecule has 1 heterocycles. The van der Waals surface area contributed by atoms with Crippen LogP contribution in [-0.2, 0) is 4.74 Å². The molecule has 1 aromatic heterocycles. The molecule has 90 valence electrons. The van der Waals surface area contributed by atoms with Crippen molar-refractivity contribution in [3.63, 3.8) is 0 Å². The summed E-state index contributed by atoms with van der Waals surface area (Å²) in [5.74, 6) is 0.444. The Labute approximate surface area is 108 Å². The molecule has 0 spiro atoms. The normalized spacial score (nSPS) is 10.4. The van der Waals surface area contributed by atoms with Crippen LogP contribution in [0.15, 0.2) is 10.7 Å². The Hall–Kier alpha value is -0.390. The van der Waals surface area contributed by atoms with Crippen LogP contribution in [0, 0.1) is 0 Å². The lowest BCUT2D eigenvalue weighted by Gasteiger charge is -2.07. The van der Waals surface area contributed by atoms with Gasteiger partial charge in [-0.25, -0.2) is 4.98 Å². The van der Waals surface area contributed by atoms with E-state index in [-0.39, 0.29) is 5.28 Å². The van der Waals surface area contributed by atoms with Crippen LogP contribution < -0.4 is 4.74 Å². The zero-order valence-electron chi connectivity index (χ0n) is 9.08. The summed E-state index contributed by atoms with van der Waals surface area (Å²) in [6.45, 7) is 3.90. The Morgan fingerprint density at radius 2 is 2.19 bits per heavy atom. The molecule has 1 rings (SSSR count). The molecule has 0 radical (unpaired) electrons. The smallest absolute Gasteiger partial charge is 0.232 e. The Kier molecular flexibility index (Phi) is 6.68. The van der Waals surface area contributed by atoms with E-state index < -0.39 is 0 Å². The number of aromatic nitrogens is 2. The van der Waals surface area contributed by atoms with E-state index in [1.54, 1.807) is 6.20 Å². The van der Waals surface area contributed by atoms with Gasteiger partial charge in [0.2, 0.25) is 11.2 Å². The second-order valence-electron chi connectivity index (χ2n) is 3.11. The summed E-state index contributed by atoms with van der Waals surface area (Å²) in [5, 5.41) is 0.171. The summed E-state index contributed by atoms with van der Waals surface area (Å²) < 4.78 is 11.4. The summed E-state index contributed by atoms with van der Waals surface area (Å²) in [6.07, 6.45) is 3.76. The molecule has 0 N–H and O–H groups in total. The number of hydrogen-bond donors (Lipinski definition) is 0. The molecule has 0 bridgehead atoms. The van der Waals surface area contributed by atoms with Crippen LogP contribution in [0.4, 0.5) is 0 Å². The highest BCUT2D eigenvalue weighted by atomic mass is 79.9. The summed E-state index contributed by atoms with van der Waals surface area (Å²) in [4.78, 5) is 7.74. The van der Waals surface area contributed by atoms with Crippen molar-refractivity contribution in [3.8, 4) is 5.88 Å². The van der Waals surface area contributed by atoms with Gasteiger partial charge in [-0.3, -0.25) is 0 Å². The van der Waals surface area contributed by atoms with Crippen molar-refractivity contribution in [3.05, 3.63) is 16.0 Å². The number of nitrogens with zero attached hydrogens (tertiary/aromatic N) is 2. The van der Waals surface area contributed by atoms with Gasteiger partial charge >= 0.3 is 0 Å². The maximum absolute atomic E-state index is 5.64. The fraction of sp³-hybridized carbons (Fsp3) is 0.600. The molecule has 0 aliphatic rings. The standard InChI is InChI=1S/C10H14BrClN2O2/c1-2-3-4-15-5-6-16-9-8(11)7-13-10(12)14-9/h7H,2-6H2,1H3. The van der Waals surface area contributed by atoms with E-state index in [1.165, 1.54) is 0 Å². The van der Waals surface area contributed by atoms with Gasteiger partial charge in [0.25, 0.3) is 0 Å². The van der Waals surface area contributed by atoms with E-state index in [0.29, 0.717) is 23.6 Å². The van der Waals surface area contributed by atoms with E-state index in [2.05, 4.69) is 32.8 Å². The monoisotopic (exact) mass is 308 g/mol. The van der Waals surface area contributed by atoms with Crippen molar-refractivity contribution >= 4 is 27.5 Å². The first-order valence-corrected chi connectivity index (χ1v) is 6.29. The molecule has 0 amide bonds. The number of unbranched alkanes of at least 4 members (excludes halogenated alkanes) is 1. The van der Waals surface area contributed by atoms with Crippen LogP contribution in [0.25, 0.3) is 0 Å². The average Bonchev–Trinajstić information content (AvgIpc) is 2.28. The van der Waals surface area contributed by atoms with E-state index >= 15 is 0 Å². The third kappa shape index (κ3) is 5.09. The lowest BCUT2D eigenvalue weighted by molar-refractivity contribution is 0.0962. The first-order chi connectivity index (χ1) is 7.74. The summed E-state index contributed by atoms with van der Waals surface area (Å²) in [6, 6.07) is 0. The predicted octanol–water partition coefficient (Wildman–Crippen LogP) is 3.09. The van der Waals surface area contributed by atoms with Gasteiger partial charge in [0, 0.05) is 12.8 Å². The molecule has 0 unspecified atom stereocenters. The molecule has 0 fully saturated rings. The molecule has 0 aliphatic heterocycles. The number of ether oxygens (including phenoxy) is 2. The highest BCUT2D eigenvalue weighted by Gasteiger charge is 2.04. The number of halogens is 2. The molecule has 0 aromatic carbocycles. The molecule has 1 aromatic rings. The van der Waals surface area contributed by atoms with E-state index in [9.17, 15) is 0 Å². The summed E-state index contributed by atoms with van der Waals surface area (Å²) in [5.41, 5.74) is 0. The van der Waals surface area contributed by atoms with E-state index in [4.69, 9.17) is 21.1 Å². The second-order valence-corrected chi connectivity index (χ2v) is 4.30. The van der Waals surface area contributed by atoms with Gasteiger partial charge in [0.05, 0.1) is 11.1 Å². The minimum Gasteiger partial charge on any atom is -0.474 e. The molecule has 0 saturated carbocycles. The Morgan fingerprint density at radius 1 is 1.38 bits per heavy atom. The second kappa shape index (κ2) is 7.81. The summed E-state index contributed by atoms with van der Waals surface area (Å²) >= 11 is 8.92. The van der Waals surface area contributed by atoms with Crippen LogP contribution in [0.5, 0.6) is 5.88 Å². The third-order valence-electron chi connectivity index (χ3n) is 1.79. The quantitative estimate of drug-likeness (QED) is 0.573. The number of hydrogen-bond acceptors (Lipinski definition) is 4. The van der Waals surface area contributed by atoms with Crippen LogP contribution in [-0.4, -0.2) is 29.8 Å². The van der Waals surface area contributed by atoms with Gasteiger partial charge in [-0.15, -0.1) is 0 Å². The number of rotatable bonds is 7. The van der Waals surface area contributed by atoms with Crippen molar-refractivity contribution in [2.45, 2.75) is 19.8 Å². The minimum absolute atomic E-state index is 0.171. The summed E-state index contributed by atoms with van der Waals surface area (Å²) in [7, 11) is 0. The highest BCUT2D eigenvalue weighted by Crippen LogP contribution is 2.22. The van der Waals surface area contributed by atoms with Crippen LogP contribution in [0.1, 0.15) is 19.8 Å². The molecule has 4 nitrogen and oxygen atoms in total. The molecule has 0 atom stereocenters. The van der Waals surface area contributed by atoms with Crippen molar-refractivity contribution in [1.29, 1.82) is 0 Å². The lowest BCUT2D eigenvalue weighted by Crippen LogP contribution is -2.08. The van der Waals surface area contributed by atoms with E-state index in [1.807, 2.05) is 0 Å². The third-order valence-corrected chi connectivity index (χ3v) is 2.52. The Morgan fingerprint density at radius 3 is 2.94 bits per heavy atom.